The summed E-state index contributed by atoms with van der Waals surface area (Å²) in [5, 5.41) is 0. The first-order chi connectivity index (χ1) is 12.8. The number of hydrogen-bond donors (Lipinski definition) is 0. The second-order valence-corrected chi connectivity index (χ2v) is 6.12. The lowest BCUT2D eigenvalue weighted by atomic mass is 10.1. The van der Waals surface area contributed by atoms with Crippen molar-refractivity contribution < 1.29 is 28.4 Å². The fourth-order valence-corrected chi connectivity index (χ4v) is 2.38. The molecule has 0 aliphatic rings. The van der Waals surface area contributed by atoms with E-state index in [0.29, 0.717) is 6.61 Å². The van der Waals surface area contributed by atoms with E-state index in [4.69, 9.17) is 28.4 Å². The molecule has 0 bridgehead atoms. The summed E-state index contributed by atoms with van der Waals surface area (Å²) in [6.07, 6.45) is 6.10. The van der Waals surface area contributed by atoms with Gasteiger partial charge in [-0.3, -0.25) is 0 Å². The summed E-state index contributed by atoms with van der Waals surface area (Å²) < 4.78 is 33.0. The van der Waals surface area contributed by atoms with Gasteiger partial charge in [-0.1, -0.05) is 0 Å². The summed E-state index contributed by atoms with van der Waals surface area (Å²) >= 11 is 0. The predicted molar refractivity (Wildman–Crippen MR) is 104 cm³/mol. The van der Waals surface area contributed by atoms with Gasteiger partial charge in [0.1, 0.15) is 0 Å². The van der Waals surface area contributed by atoms with Crippen LogP contribution >= 0.6 is 0 Å². The van der Waals surface area contributed by atoms with Crippen LogP contribution in [0.3, 0.4) is 0 Å². The Morgan fingerprint density at radius 2 is 1.15 bits per heavy atom. The molecule has 0 N–H and O–H groups in total. The van der Waals surface area contributed by atoms with E-state index >= 15 is 0 Å². The molecule has 0 aromatic carbocycles. The van der Waals surface area contributed by atoms with E-state index in [1.165, 1.54) is 0 Å². The van der Waals surface area contributed by atoms with Crippen LogP contribution in [0.1, 0.15) is 52.4 Å². The number of unbranched alkanes of at least 4 members (excludes halogenated alkanes) is 1. The SMILES string of the molecule is CCOCCCOCCCCC(COCCCOC)OCCCOCC. The normalized spacial score (nSPS) is 12.6. The van der Waals surface area contributed by atoms with Crippen LogP contribution < -0.4 is 0 Å². The zero-order valence-corrected chi connectivity index (χ0v) is 17.3. The highest BCUT2D eigenvalue weighted by Crippen LogP contribution is 2.08. The van der Waals surface area contributed by atoms with E-state index < -0.39 is 0 Å². The maximum Gasteiger partial charge on any atom is 0.0808 e. The van der Waals surface area contributed by atoms with Gasteiger partial charge in [-0.2, -0.15) is 0 Å². The van der Waals surface area contributed by atoms with Crippen LogP contribution in [0.2, 0.25) is 0 Å². The van der Waals surface area contributed by atoms with Crippen molar-refractivity contribution in [3.8, 4) is 0 Å². The molecule has 158 valence electrons. The van der Waals surface area contributed by atoms with Crippen molar-refractivity contribution in [3.63, 3.8) is 0 Å². The fraction of sp³-hybridized carbons (Fsp3) is 1.00. The number of hydrogen-bond acceptors (Lipinski definition) is 6. The van der Waals surface area contributed by atoms with Gasteiger partial charge >= 0.3 is 0 Å². The first-order valence-electron chi connectivity index (χ1n) is 10.3. The van der Waals surface area contributed by atoms with Gasteiger partial charge < -0.3 is 28.4 Å². The molecule has 6 nitrogen and oxygen atoms in total. The molecule has 0 fully saturated rings. The quantitative estimate of drug-likeness (QED) is 0.269. The van der Waals surface area contributed by atoms with E-state index in [1.807, 2.05) is 13.8 Å². The van der Waals surface area contributed by atoms with Crippen molar-refractivity contribution >= 4 is 0 Å². The molecule has 0 spiro atoms. The van der Waals surface area contributed by atoms with Gasteiger partial charge in [0.2, 0.25) is 0 Å². The Morgan fingerprint density at radius 3 is 1.85 bits per heavy atom. The molecule has 0 radical (unpaired) electrons. The third-order valence-corrected chi connectivity index (χ3v) is 3.78. The van der Waals surface area contributed by atoms with Gasteiger partial charge in [-0.15, -0.1) is 0 Å². The van der Waals surface area contributed by atoms with E-state index in [9.17, 15) is 0 Å². The van der Waals surface area contributed by atoms with Crippen molar-refractivity contribution in [2.75, 3.05) is 73.2 Å². The van der Waals surface area contributed by atoms with Crippen LogP contribution in [0.15, 0.2) is 0 Å². The molecular weight excluding hydrogens is 336 g/mol. The second-order valence-electron chi connectivity index (χ2n) is 6.12. The first-order valence-corrected chi connectivity index (χ1v) is 10.3. The Kier molecular flexibility index (Phi) is 22.6. The summed E-state index contributed by atoms with van der Waals surface area (Å²) in [6, 6.07) is 0. The topological polar surface area (TPSA) is 55.4 Å². The third kappa shape index (κ3) is 20.1. The average Bonchev–Trinajstić information content (AvgIpc) is 2.65. The standard InChI is InChI=1S/C20H42O6/c1-4-22-14-9-16-24-13-7-6-11-20(19-25-17-8-12-21-3)26-18-10-15-23-5-2/h20H,4-19H2,1-3H3. The number of rotatable bonds is 22. The molecule has 1 unspecified atom stereocenters. The minimum absolute atomic E-state index is 0.150. The van der Waals surface area contributed by atoms with Crippen LogP contribution in [0, 0.1) is 0 Å². The molecule has 6 heteroatoms. The zero-order valence-electron chi connectivity index (χ0n) is 17.3. The predicted octanol–water partition coefficient (Wildman–Crippen LogP) is 3.46. The van der Waals surface area contributed by atoms with Crippen LogP contribution in [-0.2, 0) is 28.4 Å². The summed E-state index contributed by atoms with van der Waals surface area (Å²) in [5.74, 6) is 0. The van der Waals surface area contributed by atoms with Gasteiger partial charge in [0.15, 0.2) is 0 Å². The van der Waals surface area contributed by atoms with Crippen molar-refractivity contribution in [1.29, 1.82) is 0 Å². The number of methoxy groups -OCH3 is 1. The highest BCUT2D eigenvalue weighted by molar-refractivity contribution is 4.58. The van der Waals surface area contributed by atoms with Gasteiger partial charge in [0.05, 0.1) is 12.7 Å². The molecule has 0 rings (SSSR count). The highest BCUT2D eigenvalue weighted by atomic mass is 16.5. The fourth-order valence-electron chi connectivity index (χ4n) is 2.38. The number of ether oxygens (including phenoxy) is 6. The molecule has 0 heterocycles. The van der Waals surface area contributed by atoms with Crippen molar-refractivity contribution in [2.24, 2.45) is 0 Å². The summed E-state index contributed by atoms with van der Waals surface area (Å²) in [6.45, 7) is 11.5. The van der Waals surface area contributed by atoms with E-state index in [2.05, 4.69) is 0 Å². The minimum Gasteiger partial charge on any atom is -0.385 e. The molecular formula is C20H42O6. The summed E-state index contributed by atoms with van der Waals surface area (Å²) in [4.78, 5) is 0. The zero-order chi connectivity index (χ0) is 19.1. The van der Waals surface area contributed by atoms with Gasteiger partial charge in [-0.05, 0) is 52.4 Å². The van der Waals surface area contributed by atoms with Crippen LogP contribution in [0.25, 0.3) is 0 Å². The first kappa shape index (κ1) is 25.8. The molecule has 1 atom stereocenters. The van der Waals surface area contributed by atoms with Gasteiger partial charge in [0.25, 0.3) is 0 Å². The molecule has 0 saturated heterocycles. The van der Waals surface area contributed by atoms with Crippen LogP contribution in [-0.4, -0.2) is 79.3 Å². The molecule has 0 saturated carbocycles. The largest absolute Gasteiger partial charge is 0.385 e. The molecule has 0 aliphatic carbocycles. The van der Waals surface area contributed by atoms with Gasteiger partial charge in [0, 0.05) is 66.6 Å². The molecule has 0 aromatic rings. The average molecular weight is 379 g/mol. The Labute approximate surface area is 160 Å². The van der Waals surface area contributed by atoms with E-state index in [0.717, 1.165) is 98.0 Å². The molecule has 0 aliphatic heterocycles. The van der Waals surface area contributed by atoms with Crippen molar-refractivity contribution in [1.82, 2.24) is 0 Å². The molecule has 0 amide bonds. The lowest BCUT2D eigenvalue weighted by Crippen LogP contribution is -2.22. The van der Waals surface area contributed by atoms with Crippen molar-refractivity contribution in [3.05, 3.63) is 0 Å². The lowest BCUT2D eigenvalue weighted by molar-refractivity contribution is -0.0309. The Balaban J connectivity index is 3.70. The summed E-state index contributed by atoms with van der Waals surface area (Å²) in [5.41, 5.74) is 0. The maximum atomic E-state index is 5.97. The smallest absolute Gasteiger partial charge is 0.0808 e. The third-order valence-electron chi connectivity index (χ3n) is 3.78. The monoisotopic (exact) mass is 378 g/mol. The Morgan fingerprint density at radius 1 is 0.577 bits per heavy atom. The van der Waals surface area contributed by atoms with E-state index in [-0.39, 0.29) is 6.10 Å². The van der Waals surface area contributed by atoms with Crippen LogP contribution in [0.4, 0.5) is 0 Å². The highest BCUT2D eigenvalue weighted by Gasteiger charge is 2.09. The minimum atomic E-state index is 0.150. The molecule has 0 aromatic heterocycles. The molecule has 26 heavy (non-hydrogen) atoms. The Bertz CT molecular complexity index is 238. The summed E-state index contributed by atoms with van der Waals surface area (Å²) in [7, 11) is 1.71. The van der Waals surface area contributed by atoms with Crippen molar-refractivity contribution in [2.45, 2.75) is 58.5 Å². The van der Waals surface area contributed by atoms with Crippen LogP contribution in [0.5, 0.6) is 0 Å². The maximum absolute atomic E-state index is 5.97. The van der Waals surface area contributed by atoms with E-state index in [1.54, 1.807) is 7.11 Å². The second kappa shape index (κ2) is 22.8. The Hall–Kier alpha value is -0.240. The lowest BCUT2D eigenvalue weighted by Gasteiger charge is -2.18. The van der Waals surface area contributed by atoms with Gasteiger partial charge in [-0.25, -0.2) is 0 Å².